The summed E-state index contributed by atoms with van der Waals surface area (Å²) in [7, 11) is 2.94. The highest BCUT2D eigenvalue weighted by Crippen LogP contribution is 2.32. The molecule has 1 unspecified atom stereocenters. The summed E-state index contributed by atoms with van der Waals surface area (Å²) in [5, 5.41) is 25.4. The van der Waals surface area contributed by atoms with Crippen LogP contribution < -0.4 is 4.73 Å². The van der Waals surface area contributed by atoms with E-state index in [1.54, 1.807) is 10.7 Å². The van der Waals surface area contributed by atoms with Gasteiger partial charge in [-0.25, -0.2) is 4.98 Å². The summed E-state index contributed by atoms with van der Waals surface area (Å²) in [6.45, 7) is 6.78. The van der Waals surface area contributed by atoms with Crippen molar-refractivity contribution in [1.29, 1.82) is 0 Å². The molecule has 0 spiro atoms. The van der Waals surface area contributed by atoms with Crippen LogP contribution in [0.15, 0.2) is 66.9 Å². The number of hydrogen-bond donors (Lipinski definition) is 0. The van der Waals surface area contributed by atoms with Crippen molar-refractivity contribution in [1.82, 2.24) is 29.8 Å². The van der Waals surface area contributed by atoms with E-state index in [1.807, 2.05) is 66.9 Å². The number of imidazole rings is 1. The predicted molar refractivity (Wildman–Crippen MR) is 176 cm³/mol. The van der Waals surface area contributed by atoms with Crippen LogP contribution >= 0.6 is 11.6 Å². The highest BCUT2D eigenvalue weighted by Gasteiger charge is 2.29. The van der Waals surface area contributed by atoms with Gasteiger partial charge in [0.2, 0.25) is 0 Å². The number of hydrogen-bond acceptors (Lipinski definition) is 9. The van der Waals surface area contributed by atoms with Crippen LogP contribution in [0, 0.1) is 5.21 Å². The highest BCUT2D eigenvalue weighted by molar-refractivity contribution is 6.33. The van der Waals surface area contributed by atoms with Crippen LogP contribution in [0.1, 0.15) is 79.3 Å². The van der Waals surface area contributed by atoms with Crippen molar-refractivity contribution in [3.05, 3.63) is 106 Å². The van der Waals surface area contributed by atoms with Crippen molar-refractivity contribution in [2.75, 3.05) is 20.8 Å². The van der Waals surface area contributed by atoms with Gasteiger partial charge in [0.1, 0.15) is 11.5 Å². The third kappa shape index (κ3) is 7.25. The molecule has 0 saturated carbocycles. The second-order valence-electron chi connectivity index (χ2n) is 10.9. The fraction of sp³-hybridized carbons (Fsp3) is 0.353. The molecule has 3 heterocycles. The van der Waals surface area contributed by atoms with E-state index in [1.165, 1.54) is 26.5 Å². The number of methoxy groups -OCH3 is 2. The second-order valence-corrected chi connectivity index (χ2v) is 11.3. The molecule has 0 aliphatic rings. The van der Waals surface area contributed by atoms with E-state index in [4.69, 9.17) is 25.8 Å². The van der Waals surface area contributed by atoms with E-state index < -0.39 is 12.1 Å². The highest BCUT2D eigenvalue weighted by atomic mass is 35.5. The molecule has 47 heavy (non-hydrogen) atoms. The van der Waals surface area contributed by atoms with E-state index in [0.29, 0.717) is 41.5 Å². The number of benzene rings is 2. The molecule has 1 atom stereocenters. The van der Waals surface area contributed by atoms with Gasteiger partial charge in [-0.3, -0.25) is 4.79 Å². The van der Waals surface area contributed by atoms with Crippen LogP contribution in [0.25, 0.3) is 22.5 Å². The van der Waals surface area contributed by atoms with E-state index in [-0.39, 0.29) is 22.8 Å². The van der Waals surface area contributed by atoms with Gasteiger partial charge in [-0.1, -0.05) is 73.5 Å². The molecule has 0 radical (unpaired) electrons. The van der Waals surface area contributed by atoms with E-state index in [2.05, 4.69) is 27.4 Å². The zero-order valence-electron chi connectivity index (χ0n) is 27.1. The van der Waals surface area contributed by atoms with Gasteiger partial charge < -0.3 is 24.0 Å². The molecule has 0 aliphatic carbocycles. The molecule has 12 nitrogen and oxygen atoms in total. The molecule has 0 bridgehead atoms. The van der Waals surface area contributed by atoms with Gasteiger partial charge in [0.05, 0.1) is 5.56 Å². The summed E-state index contributed by atoms with van der Waals surface area (Å²) < 4.78 is 20.2. The van der Waals surface area contributed by atoms with Gasteiger partial charge in [-0.05, 0) is 53.5 Å². The summed E-state index contributed by atoms with van der Waals surface area (Å²) >= 11 is 6.61. The summed E-state index contributed by atoms with van der Waals surface area (Å²) in [5.74, 6) is 0.756. The first kappa shape index (κ1) is 33.9. The van der Waals surface area contributed by atoms with Crippen LogP contribution in [0.5, 0.6) is 0 Å². The second kappa shape index (κ2) is 15.4. The number of tetrazole rings is 1. The van der Waals surface area contributed by atoms with Crippen LogP contribution in [-0.2, 0) is 27.2 Å². The van der Waals surface area contributed by atoms with Crippen LogP contribution in [0.3, 0.4) is 0 Å². The topological polar surface area (TPSA) is 133 Å². The average Bonchev–Trinajstić information content (AvgIpc) is 3.69. The third-order valence-corrected chi connectivity index (χ3v) is 8.13. The number of carbonyl (C=O) groups excluding carboxylic acids is 1. The maximum absolute atomic E-state index is 13.9. The fourth-order valence-corrected chi connectivity index (χ4v) is 5.80. The van der Waals surface area contributed by atoms with E-state index in [0.717, 1.165) is 35.1 Å². The lowest BCUT2D eigenvalue weighted by Crippen LogP contribution is -2.36. The first-order valence-electron chi connectivity index (χ1n) is 15.5. The SMILES string of the molecule is CCCCc1nc(Cl)c(C(=O)c2ccc(C(OC)OC)c[n+]2[O-])n1Cc1ccc(-c2ccccc2-c2nnnn2C(C)OCC)cc1. The Bertz CT molecular complexity index is 1820. The van der Waals surface area contributed by atoms with E-state index >= 15 is 0 Å². The molecule has 0 fully saturated rings. The van der Waals surface area contributed by atoms with Crippen molar-refractivity contribution in [2.24, 2.45) is 0 Å². The van der Waals surface area contributed by atoms with Crippen molar-refractivity contribution >= 4 is 17.4 Å². The van der Waals surface area contributed by atoms with Crippen molar-refractivity contribution < 1.29 is 23.7 Å². The molecule has 2 aromatic carbocycles. The molecule has 3 aromatic heterocycles. The number of aryl methyl sites for hydroxylation is 1. The molecular formula is C34H38ClN7O5. The molecule has 13 heteroatoms. The average molecular weight is 660 g/mol. The first-order chi connectivity index (χ1) is 22.8. The Balaban J connectivity index is 1.47. The van der Waals surface area contributed by atoms with Crippen LogP contribution in [0.4, 0.5) is 0 Å². The standard InChI is InChI=1S/C34H38ClN7O5/c1-6-8-13-29-36-32(35)30(31(43)28-19-18-25(21-41(28)44)34(45-4)46-5)40(29)20-23-14-16-24(17-15-23)26-11-9-10-12-27(26)33-37-38-39-42(33)22(3)47-7-2/h9-12,14-19,21-22,34H,6-8,13,20H2,1-5H3. The van der Waals surface area contributed by atoms with Crippen molar-refractivity contribution in [3.63, 3.8) is 0 Å². The number of nitrogens with zero attached hydrogens (tertiary/aromatic N) is 7. The van der Waals surface area contributed by atoms with Gasteiger partial charge >= 0.3 is 0 Å². The van der Waals surface area contributed by atoms with Gasteiger partial charge in [0, 0.05) is 45.4 Å². The molecule has 246 valence electrons. The van der Waals surface area contributed by atoms with Crippen molar-refractivity contribution in [3.8, 4) is 22.5 Å². The van der Waals surface area contributed by atoms with Gasteiger partial charge in [-0.15, -0.1) is 5.10 Å². The number of unbranched alkanes of at least 4 members (excludes halogenated alkanes) is 1. The molecule has 5 rings (SSSR count). The number of aromatic nitrogens is 7. The minimum Gasteiger partial charge on any atom is -0.618 e. The number of halogens is 1. The smallest absolute Gasteiger partial charge is 0.277 e. The van der Waals surface area contributed by atoms with Crippen LogP contribution in [-0.4, -0.2) is 56.4 Å². The Morgan fingerprint density at radius 3 is 2.40 bits per heavy atom. The Hall–Kier alpha value is -4.49. The van der Waals surface area contributed by atoms with Gasteiger partial charge in [0.25, 0.3) is 11.5 Å². The Labute approximate surface area is 278 Å². The molecule has 0 N–H and O–H groups in total. The molecular weight excluding hydrogens is 622 g/mol. The number of pyridine rings is 1. The first-order valence-corrected chi connectivity index (χ1v) is 15.8. The maximum atomic E-state index is 13.9. The molecule has 0 amide bonds. The lowest BCUT2D eigenvalue weighted by atomic mass is 9.98. The maximum Gasteiger partial charge on any atom is 0.277 e. The van der Waals surface area contributed by atoms with Crippen molar-refractivity contribution in [2.45, 2.75) is 59.1 Å². The summed E-state index contributed by atoms with van der Waals surface area (Å²) in [6, 6.07) is 19.0. The fourth-order valence-electron chi connectivity index (χ4n) is 5.51. The number of ketones is 1. The summed E-state index contributed by atoms with van der Waals surface area (Å²) in [5.41, 5.74) is 4.27. The minimum absolute atomic E-state index is 0.0568. The van der Waals surface area contributed by atoms with Crippen LogP contribution in [0.2, 0.25) is 5.15 Å². The molecule has 0 saturated heterocycles. The summed E-state index contributed by atoms with van der Waals surface area (Å²) in [4.78, 5) is 18.4. The Morgan fingerprint density at radius 2 is 1.74 bits per heavy atom. The Morgan fingerprint density at radius 1 is 1.02 bits per heavy atom. The summed E-state index contributed by atoms with van der Waals surface area (Å²) in [6.07, 6.45) is 2.63. The normalized spacial score (nSPS) is 12.1. The van der Waals surface area contributed by atoms with Gasteiger partial charge in [0.15, 0.2) is 29.7 Å². The zero-order chi connectivity index (χ0) is 33.5. The van der Waals surface area contributed by atoms with Gasteiger partial charge in [-0.2, -0.15) is 9.41 Å². The molecule has 0 aliphatic heterocycles. The number of rotatable bonds is 15. The zero-order valence-corrected chi connectivity index (χ0v) is 27.8. The molecule has 5 aromatic rings. The minimum atomic E-state index is -0.738. The van der Waals surface area contributed by atoms with E-state index in [9.17, 15) is 10.0 Å². The third-order valence-electron chi connectivity index (χ3n) is 7.86. The lowest BCUT2D eigenvalue weighted by Gasteiger charge is -2.16. The monoisotopic (exact) mass is 659 g/mol. The largest absolute Gasteiger partial charge is 0.618 e. The lowest BCUT2D eigenvalue weighted by molar-refractivity contribution is -0.608. The Kier molecular flexibility index (Phi) is 11.1. The number of ether oxygens (including phenoxy) is 3. The number of carbonyl (C=O) groups is 1. The quantitative estimate of drug-likeness (QED) is 0.0578. The predicted octanol–water partition coefficient (Wildman–Crippen LogP) is 5.96.